The van der Waals surface area contributed by atoms with Gasteiger partial charge in [0.15, 0.2) is 0 Å². The Balaban J connectivity index is 1.72. The highest BCUT2D eigenvalue weighted by Gasteiger charge is 2.43. The van der Waals surface area contributed by atoms with Crippen LogP contribution in [-0.2, 0) is 9.59 Å². The lowest BCUT2D eigenvalue weighted by molar-refractivity contribution is -0.137. The normalized spacial score (nSPS) is 19.9. The highest BCUT2D eigenvalue weighted by Crippen LogP contribution is 2.48. The molecule has 2 rings (SSSR count). The van der Waals surface area contributed by atoms with E-state index in [-0.39, 0.29) is 24.2 Å². The summed E-state index contributed by atoms with van der Waals surface area (Å²) in [6.07, 6.45) is 2.33. The van der Waals surface area contributed by atoms with E-state index < -0.39 is 5.97 Å². The maximum Gasteiger partial charge on any atom is 0.303 e. The number of nitrogens with one attached hydrogen (secondary N) is 1. The maximum absolute atomic E-state index is 12.0. The van der Waals surface area contributed by atoms with Crippen molar-refractivity contribution in [1.82, 2.24) is 5.32 Å². The van der Waals surface area contributed by atoms with Crippen LogP contribution in [0.15, 0.2) is 24.3 Å². The van der Waals surface area contributed by atoms with Crippen LogP contribution in [0, 0.1) is 5.92 Å². The van der Waals surface area contributed by atoms with Crippen molar-refractivity contribution in [3.63, 3.8) is 0 Å². The number of benzene rings is 1. The summed E-state index contributed by atoms with van der Waals surface area (Å²) in [5.74, 6) is 0.405. The lowest BCUT2D eigenvalue weighted by atomic mass is 10.1. The Labute approximate surface area is 124 Å². The summed E-state index contributed by atoms with van der Waals surface area (Å²) < 4.78 is 5.19. The summed E-state index contributed by atoms with van der Waals surface area (Å²) in [6, 6.07) is 7.83. The van der Waals surface area contributed by atoms with E-state index in [0.29, 0.717) is 19.4 Å². The van der Waals surface area contributed by atoms with Gasteiger partial charge in [0.2, 0.25) is 5.91 Å². The second-order valence-electron chi connectivity index (χ2n) is 5.37. The van der Waals surface area contributed by atoms with Crippen LogP contribution >= 0.6 is 0 Å². The maximum atomic E-state index is 12.0. The number of aliphatic carboxylic acids is 1. The minimum atomic E-state index is -0.790. The number of hydrogen-bond acceptors (Lipinski definition) is 3. The zero-order valence-electron chi connectivity index (χ0n) is 12.2. The SMILES string of the molecule is COc1cccc([C@@H]2C[C@H]2C(=O)NCCCCC(=O)O)c1. The molecule has 21 heavy (non-hydrogen) atoms. The second kappa shape index (κ2) is 7.11. The summed E-state index contributed by atoms with van der Waals surface area (Å²) in [5, 5.41) is 11.4. The number of carbonyl (C=O) groups is 2. The zero-order chi connectivity index (χ0) is 15.2. The van der Waals surface area contributed by atoms with E-state index in [4.69, 9.17) is 9.84 Å². The number of carboxylic acid groups (broad SMARTS) is 1. The van der Waals surface area contributed by atoms with Gasteiger partial charge in [-0.2, -0.15) is 0 Å². The predicted molar refractivity (Wildman–Crippen MR) is 78.3 cm³/mol. The highest BCUT2D eigenvalue weighted by molar-refractivity contribution is 5.82. The third kappa shape index (κ3) is 4.48. The molecular formula is C16H21NO4. The highest BCUT2D eigenvalue weighted by atomic mass is 16.5. The number of amides is 1. The Morgan fingerprint density at radius 1 is 1.38 bits per heavy atom. The van der Waals surface area contributed by atoms with Crippen molar-refractivity contribution >= 4 is 11.9 Å². The number of carboxylic acids is 1. The van der Waals surface area contributed by atoms with E-state index in [1.165, 1.54) is 0 Å². The molecule has 5 nitrogen and oxygen atoms in total. The first kappa shape index (κ1) is 15.4. The van der Waals surface area contributed by atoms with E-state index in [2.05, 4.69) is 5.32 Å². The lowest BCUT2D eigenvalue weighted by Crippen LogP contribution is -2.26. The van der Waals surface area contributed by atoms with Crippen molar-refractivity contribution in [1.29, 1.82) is 0 Å². The van der Waals surface area contributed by atoms with Crippen LogP contribution in [-0.4, -0.2) is 30.6 Å². The molecule has 0 unspecified atom stereocenters. The van der Waals surface area contributed by atoms with Crippen LogP contribution in [0.25, 0.3) is 0 Å². The average Bonchev–Trinajstić information content (AvgIpc) is 3.27. The van der Waals surface area contributed by atoms with Crippen molar-refractivity contribution in [3.8, 4) is 5.75 Å². The molecule has 0 spiro atoms. The molecule has 1 aromatic rings. The van der Waals surface area contributed by atoms with Crippen molar-refractivity contribution < 1.29 is 19.4 Å². The standard InChI is InChI=1S/C16H21NO4/c1-21-12-6-4-5-11(9-12)13-10-14(13)16(20)17-8-3-2-7-15(18)19/h4-6,9,13-14H,2-3,7-8,10H2,1H3,(H,17,20)(H,18,19)/t13-,14+/m0/s1. The molecule has 1 aromatic carbocycles. The van der Waals surface area contributed by atoms with Gasteiger partial charge in [-0.3, -0.25) is 9.59 Å². The molecule has 0 bridgehead atoms. The Kier molecular flexibility index (Phi) is 5.20. The third-order valence-electron chi connectivity index (χ3n) is 3.77. The molecule has 1 saturated carbocycles. The summed E-state index contributed by atoms with van der Waals surface area (Å²) in [7, 11) is 1.63. The van der Waals surface area contributed by atoms with Crippen LogP contribution in [0.3, 0.4) is 0 Å². The number of ether oxygens (including phenoxy) is 1. The lowest BCUT2D eigenvalue weighted by Gasteiger charge is -2.05. The van der Waals surface area contributed by atoms with E-state index in [0.717, 1.165) is 17.7 Å². The van der Waals surface area contributed by atoms with Gasteiger partial charge >= 0.3 is 5.97 Å². The Morgan fingerprint density at radius 2 is 2.19 bits per heavy atom. The molecule has 1 aliphatic carbocycles. The van der Waals surface area contributed by atoms with Crippen LogP contribution in [0.2, 0.25) is 0 Å². The molecule has 0 aromatic heterocycles. The van der Waals surface area contributed by atoms with Crippen molar-refractivity contribution in [3.05, 3.63) is 29.8 Å². The molecule has 2 N–H and O–H groups in total. The second-order valence-corrected chi connectivity index (χ2v) is 5.37. The van der Waals surface area contributed by atoms with Gasteiger partial charge in [-0.25, -0.2) is 0 Å². The number of rotatable bonds is 8. The third-order valence-corrected chi connectivity index (χ3v) is 3.77. The molecule has 2 atom stereocenters. The fraction of sp³-hybridized carbons (Fsp3) is 0.500. The van der Waals surface area contributed by atoms with Gasteiger partial charge in [-0.15, -0.1) is 0 Å². The Morgan fingerprint density at radius 3 is 2.90 bits per heavy atom. The van der Waals surface area contributed by atoms with Gasteiger partial charge in [0, 0.05) is 18.9 Å². The Bertz CT molecular complexity index is 515. The molecule has 1 amide bonds. The smallest absolute Gasteiger partial charge is 0.303 e. The fourth-order valence-electron chi connectivity index (χ4n) is 2.47. The van der Waals surface area contributed by atoms with Crippen LogP contribution < -0.4 is 10.1 Å². The van der Waals surface area contributed by atoms with Gasteiger partial charge < -0.3 is 15.2 Å². The average molecular weight is 291 g/mol. The fourth-order valence-corrected chi connectivity index (χ4v) is 2.47. The van der Waals surface area contributed by atoms with Crippen LogP contribution in [0.4, 0.5) is 0 Å². The number of hydrogen-bond donors (Lipinski definition) is 2. The Hall–Kier alpha value is -2.04. The van der Waals surface area contributed by atoms with Crippen LogP contribution in [0.1, 0.15) is 37.2 Å². The predicted octanol–water partition coefficient (Wildman–Crippen LogP) is 2.17. The summed E-state index contributed by atoms with van der Waals surface area (Å²) in [6.45, 7) is 0.549. The molecule has 0 radical (unpaired) electrons. The molecule has 1 fully saturated rings. The zero-order valence-corrected chi connectivity index (χ0v) is 12.2. The minimum Gasteiger partial charge on any atom is -0.497 e. The monoisotopic (exact) mass is 291 g/mol. The molecule has 0 saturated heterocycles. The summed E-state index contributed by atoms with van der Waals surface area (Å²) >= 11 is 0. The van der Waals surface area contributed by atoms with Crippen molar-refractivity contribution in [2.75, 3.05) is 13.7 Å². The summed E-state index contributed by atoms with van der Waals surface area (Å²) in [4.78, 5) is 22.4. The van der Waals surface area contributed by atoms with Gasteiger partial charge in [0.1, 0.15) is 5.75 Å². The minimum absolute atomic E-state index is 0.0385. The molecule has 0 heterocycles. The first-order chi connectivity index (χ1) is 10.1. The van der Waals surface area contributed by atoms with E-state index in [9.17, 15) is 9.59 Å². The van der Waals surface area contributed by atoms with Crippen molar-refractivity contribution in [2.24, 2.45) is 5.92 Å². The quantitative estimate of drug-likeness (QED) is 0.720. The first-order valence-corrected chi connectivity index (χ1v) is 7.25. The van der Waals surface area contributed by atoms with Gasteiger partial charge in [0.05, 0.1) is 7.11 Å². The van der Waals surface area contributed by atoms with E-state index >= 15 is 0 Å². The van der Waals surface area contributed by atoms with Gasteiger partial charge in [0.25, 0.3) is 0 Å². The largest absolute Gasteiger partial charge is 0.497 e. The molecule has 1 aliphatic rings. The van der Waals surface area contributed by atoms with Crippen LogP contribution in [0.5, 0.6) is 5.75 Å². The number of unbranched alkanes of at least 4 members (excludes halogenated alkanes) is 1. The summed E-state index contributed by atoms with van der Waals surface area (Å²) in [5.41, 5.74) is 1.14. The van der Waals surface area contributed by atoms with Gasteiger partial charge in [-0.05, 0) is 42.9 Å². The molecule has 114 valence electrons. The first-order valence-electron chi connectivity index (χ1n) is 7.25. The molecule has 5 heteroatoms. The van der Waals surface area contributed by atoms with E-state index in [1.54, 1.807) is 7.11 Å². The number of carbonyl (C=O) groups excluding carboxylic acids is 1. The van der Waals surface area contributed by atoms with Gasteiger partial charge in [-0.1, -0.05) is 12.1 Å². The van der Waals surface area contributed by atoms with Crippen molar-refractivity contribution in [2.45, 2.75) is 31.6 Å². The van der Waals surface area contributed by atoms with E-state index in [1.807, 2.05) is 24.3 Å². The topological polar surface area (TPSA) is 75.6 Å². The molecular weight excluding hydrogens is 270 g/mol. The number of methoxy groups -OCH3 is 1. The molecule has 0 aliphatic heterocycles.